The van der Waals surface area contributed by atoms with E-state index >= 15 is 0 Å². The first-order chi connectivity index (χ1) is 9.63. The number of likely N-dealkylation sites (N-methyl/N-ethyl adjacent to an activating group) is 2. The summed E-state index contributed by atoms with van der Waals surface area (Å²) in [7, 11) is 6.08. The van der Waals surface area contributed by atoms with Gasteiger partial charge >= 0.3 is 0 Å². The quantitative estimate of drug-likeness (QED) is 0.872. The van der Waals surface area contributed by atoms with Crippen molar-refractivity contribution in [2.75, 3.05) is 34.3 Å². The van der Waals surface area contributed by atoms with Gasteiger partial charge in [0.25, 0.3) is 0 Å². The SMILES string of the molecule is CNC(c1c(Cl)cnn1CCN(C)C)C1CCCCO1. The highest BCUT2D eigenvalue weighted by molar-refractivity contribution is 6.31. The van der Waals surface area contributed by atoms with Gasteiger partial charge in [-0.05, 0) is 40.4 Å². The fourth-order valence-corrected chi connectivity index (χ4v) is 2.94. The summed E-state index contributed by atoms with van der Waals surface area (Å²) in [6.45, 7) is 2.61. The number of nitrogens with zero attached hydrogens (tertiary/aromatic N) is 3. The predicted molar refractivity (Wildman–Crippen MR) is 81.2 cm³/mol. The fourth-order valence-electron chi connectivity index (χ4n) is 2.68. The van der Waals surface area contributed by atoms with Gasteiger partial charge in [0, 0.05) is 13.2 Å². The van der Waals surface area contributed by atoms with Gasteiger partial charge in [0.2, 0.25) is 0 Å². The van der Waals surface area contributed by atoms with Gasteiger partial charge < -0.3 is 15.0 Å². The van der Waals surface area contributed by atoms with Crippen LogP contribution < -0.4 is 5.32 Å². The van der Waals surface area contributed by atoms with E-state index in [1.54, 1.807) is 6.20 Å². The molecule has 0 bridgehead atoms. The standard InChI is InChI=1S/C14H25ClN4O/c1-16-13(12-6-4-5-9-20-12)14-11(15)10-17-19(14)8-7-18(2)3/h10,12-13,16H,4-9H2,1-3H3. The lowest BCUT2D eigenvalue weighted by atomic mass is 9.99. The van der Waals surface area contributed by atoms with Gasteiger partial charge in [-0.25, -0.2) is 0 Å². The van der Waals surface area contributed by atoms with E-state index in [0.717, 1.165) is 43.3 Å². The van der Waals surface area contributed by atoms with Crippen LogP contribution in [0.1, 0.15) is 31.0 Å². The Balaban J connectivity index is 2.17. The molecule has 0 aliphatic carbocycles. The number of hydrogen-bond acceptors (Lipinski definition) is 4. The van der Waals surface area contributed by atoms with Gasteiger partial charge in [-0.3, -0.25) is 4.68 Å². The summed E-state index contributed by atoms with van der Waals surface area (Å²) in [4.78, 5) is 2.14. The Morgan fingerprint density at radius 3 is 2.95 bits per heavy atom. The molecule has 1 N–H and O–H groups in total. The smallest absolute Gasteiger partial charge is 0.0835 e. The molecule has 0 radical (unpaired) electrons. The first kappa shape index (κ1) is 15.8. The van der Waals surface area contributed by atoms with Crippen molar-refractivity contribution in [1.82, 2.24) is 20.0 Å². The van der Waals surface area contributed by atoms with Crippen molar-refractivity contribution in [2.45, 2.75) is 38.0 Å². The Bertz CT molecular complexity index is 415. The third-order valence-electron chi connectivity index (χ3n) is 3.78. The molecule has 114 valence electrons. The summed E-state index contributed by atoms with van der Waals surface area (Å²) in [5, 5.41) is 8.49. The summed E-state index contributed by atoms with van der Waals surface area (Å²) in [5.74, 6) is 0. The van der Waals surface area contributed by atoms with Crippen molar-refractivity contribution >= 4 is 11.6 Å². The van der Waals surface area contributed by atoms with Crippen molar-refractivity contribution in [3.05, 3.63) is 16.9 Å². The van der Waals surface area contributed by atoms with Gasteiger partial charge in [-0.2, -0.15) is 5.10 Å². The van der Waals surface area contributed by atoms with Crippen molar-refractivity contribution in [3.8, 4) is 0 Å². The number of ether oxygens (including phenoxy) is 1. The summed E-state index contributed by atoms with van der Waals surface area (Å²) in [6.07, 6.45) is 5.36. The van der Waals surface area contributed by atoms with E-state index in [1.165, 1.54) is 6.42 Å². The van der Waals surface area contributed by atoms with Crippen LogP contribution in [0.25, 0.3) is 0 Å². The molecule has 0 spiro atoms. The van der Waals surface area contributed by atoms with Crippen LogP contribution in [0.5, 0.6) is 0 Å². The third-order valence-corrected chi connectivity index (χ3v) is 4.08. The lowest BCUT2D eigenvalue weighted by Gasteiger charge is -2.31. The summed E-state index contributed by atoms with van der Waals surface area (Å²) >= 11 is 6.36. The molecule has 2 atom stereocenters. The number of hydrogen-bond donors (Lipinski definition) is 1. The largest absolute Gasteiger partial charge is 0.376 e. The molecule has 6 heteroatoms. The molecule has 2 unspecified atom stereocenters. The molecule has 1 saturated heterocycles. The first-order valence-corrected chi connectivity index (χ1v) is 7.66. The average Bonchev–Trinajstić information content (AvgIpc) is 2.80. The van der Waals surface area contributed by atoms with E-state index in [1.807, 2.05) is 11.7 Å². The molecule has 1 fully saturated rings. The summed E-state index contributed by atoms with van der Waals surface area (Å²) < 4.78 is 7.92. The van der Waals surface area contributed by atoms with Crippen LogP contribution in [0, 0.1) is 0 Å². The minimum atomic E-state index is 0.104. The molecule has 1 aliphatic heterocycles. The molecule has 1 aromatic heterocycles. The zero-order chi connectivity index (χ0) is 14.5. The Hall–Kier alpha value is -0.620. The van der Waals surface area contributed by atoms with E-state index in [4.69, 9.17) is 16.3 Å². The molecule has 0 aromatic carbocycles. The maximum atomic E-state index is 6.36. The maximum Gasteiger partial charge on any atom is 0.0835 e. The van der Waals surface area contributed by atoms with Crippen molar-refractivity contribution in [2.24, 2.45) is 0 Å². The van der Waals surface area contributed by atoms with Gasteiger partial charge in [-0.1, -0.05) is 11.6 Å². The molecular formula is C14H25ClN4O. The zero-order valence-corrected chi connectivity index (χ0v) is 13.4. The van der Waals surface area contributed by atoms with Gasteiger partial charge in [0.05, 0.1) is 35.6 Å². The highest BCUT2D eigenvalue weighted by Crippen LogP contribution is 2.30. The van der Waals surface area contributed by atoms with Crippen LogP contribution in [-0.4, -0.2) is 55.1 Å². The van der Waals surface area contributed by atoms with Crippen molar-refractivity contribution in [3.63, 3.8) is 0 Å². The Kier molecular flexibility index (Phi) is 5.84. The molecule has 0 saturated carbocycles. The van der Waals surface area contributed by atoms with Crippen LogP contribution in [0.15, 0.2) is 6.20 Å². The Morgan fingerprint density at radius 2 is 2.35 bits per heavy atom. The lowest BCUT2D eigenvalue weighted by Crippen LogP contribution is -2.36. The van der Waals surface area contributed by atoms with Gasteiger partial charge in [-0.15, -0.1) is 0 Å². The summed E-state index contributed by atoms with van der Waals surface area (Å²) in [5.41, 5.74) is 1.04. The molecule has 1 aliphatic rings. The van der Waals surface area contributed by atoms with Crippen LogP contribution in [0.4, 0.5) is 0 Å². The zero-order valence-electron chi connectivity index (χ0n) is 12.6. The second-order valence-electron chi connectivity index (χ2n) is 5.58. The van der Waals surface area contributed by atoms with Gasteiger partial charge in [0.15, 0.2) is 0 Å². The second kappa shape index (κ2) is 7.41. The second-order valence-corrected chi connectivity index (χ2v) is 5.98. The molecule has 0 amide bonds. The minimum absolute atomic E-state index is 0.104. The van der Waals surface area contributed by atoms with E-state index in [-0.39, 0.29) is 12.1 Å². The number of rotatable bonds is 6. The monoisotopic (exact) mass is 300 g/mol. The molecule has 20 heavy (non-hydrogen) atoms. The number of nitrogens with one attached hydrogen (secondary N) is 1. The Labute approximate surface area is 126 Å². The van der Waals surface area contributed by atoms with Crippen molar-refractivity contribution < 1.29 is 4.74 Å². The normalized spacial score (nSPS) is 21.4. The third kappa shape index (κ3) is 3.73. The van der Waals surface area contributed by atoms with Crippen LogP contribution in [0.3, 0.4) is 0 Å². The topological polar surface area (TPSA) is 42.3 Å². The highest BCUT2D eigenvalue weighted by Gasteiger charge is 2.29. The fraction of sp³-hybridized carbons (Fsp3) is 0.786. The van der Waals surface area contributed by atoms with E-state index in [9.17, 15) is 0 Å². The molecule has 2 rings (SSSR count). The van der Waals surface area contributed by atoms with Crippen LogP contribution in [-0.2, 0) is 11.3 Å². The van der Waals surface area contributed by atoms with Crippen molar-refractivity contribution in [1.29, 1.82) is 0 Å². The highest BCUT2D eigenvalue weighted by atomic mass is 35.5. The summed E-state index contributed by atoms with van der Waals surface area (Å²) in [6, 6.07) is 0.104. The Morgan fingerprint density at radius 1 is 1.55 bits per heavy atom. The van der Waals surface area contributed by atoms with E-state index < -0.39 is 0 Å². The van der Waals surface area contributed by atoms with Crippen LogP contribution >= 0.6 is 11.6 Å². The number of halogens is 1. The van der Waals surface area contributed by atoms with Crippen LogP contribution in [0.2, 0.25) is 5.02 Å². The molecular weight excluding hydrogens is 276 g/mol. The number of aromatic nitrogens is 2. The maximum absolute atomic E-state index is 6.36. The van der Waals surface area contributed by atoms with Gasteiger partial charge in [0.1, 0.15) is 0 Å². The molecule has 1 aromatic rings. The van der Waals surface area contributed by atoms with E-state index in [2.05, 4.69) is 29.4 Å². The first-order valence-electron chi connectivity index (χ1n) is 7.28. The minimum Gasteiger partial charge on any atom is -0.376 e. The van der Waals surface area contributed by atoms with E-state index in [0.29, 0.717) is 0 Å². The predicted octanol–water partition coefficient (Wildman–Crippen LogP) is 1.93. The molecule has 2 heterocycles. The average molecular weight is 301 g/mol. The molecule has 5 nitrogen and oxygen atoms in total. The lowest BCUT2D eigenvalue weighted by molar-refractivity contribution is -0.00844.